The fourth-order valence-electron chi connectivity index (χ4n) is 4.90. The number of ketones is 1. The van der Waals surface area contributed by atoms with Crippen molar-refractivity contribution in [3.63, 3.8) is 0 Å². The summed E-state index contributed by atoms with van der Waals surface area (Å²) in [7, 11) is 0. The maximum atomic E-state index is 12.8. The Balaban J connectivity index is 1.28. The molecule has 0 unspecified atom stereocenters. The van der Waals surface area contributed by atoms with Crippen molar-refractivity contribution >= 4 is 61.1 Å². The number of halogens is 2. The molecule has 2 aliphatic carbocycles. The van der Waals surface area contributed by atoms with Gasteiger partial charge >= 0.3 is 5.97 Å². The van der Waals surface area contributed by atoms with Crippen molar-refractivity contribution in [2.24, 2.45) is 23.7 Å². The topological polar surface area (TPSA) is 124 Å². The highest BCUT2D eigenvalue weighted by Crippen LogP contribution is 2.60. The normalized spacial score (nSPS) is 31.1. The fourth-order valence-corrected chi connectivity index (χ4v) is 6.78. The number of carbonyl (C=O) groups excluding carboxylic acids is 4. The Morgan fingerprint density at radius 2 is 1.61 bits per heavy atom. The number of ether oxygens (including phenoxy) is 1. The number of rotatable bonds is 7. The summed E-state index contributed by atoms with van der Waals surface area (Å²) in [6.45, 7) is -0.598. The van der Waals surface area contributed by atoms with Gasteiger partial charge in [-0.05, 0) is 30.4 Å². The van der Waals surface area contributed by atoms with Gasteiger partial charge in [0.05, 0.1) is 23.2 Å². The first-order valence-electron chi connectivity index (χ1n) is 9.77. The van der Waals surface area contributed by atoms with Gasteiger partial charge in [-0.15, -0.1) is 0 Å². The van der Waals surface area contributed by atoms with E-state index in [1.165, 1.54) is 24.3 Å². The van der Waals surface area contributed by atoms with Crippen LogP contribution in [0.15, 0.2) is 24.3 Å². The Kier molecular flexibility index (Phi) is 5.99. The van der Waals surface area contributed by atoms with Crippen LogP contribution in [0, 0.1) is 33.8 Å². The quantitative estimate of drug-likeness (QED) is 0.126. The SMILES string of the molecule is O=C(CCN1C(=O)[C@@H]2[C@H]3C[C@@H]([C@H](Br)[C@@H]3Br)[C@@H]2C1=O)OCC(=O)c1ccc([N+](=O)[O-])cc1. The first-order chi connectivity index (χ1) is 14.7. The van der Waals surface area contributed by atoms with Crippen molar-refractivity contribution in [3.8, 4) is 0 Å². The van der Waals surface area contributed by atoms with E-state index in [1.54, 1.807) is 0 Å². The summed E-state index contributed by atoms with van der Waals surface area (Å²) >= 11 is 7.25. The molecule has 1 aromatic rings. The number of carbonyl (C=O) groups is 4. The molecule has 3 aliphatic rings. The minimum absolute atomic E-state index is 0.0748. The maximum Gasteiger partial charge on any atom is 0.308 e. The number of esters is 1. The molecule has 0 radical (unpaired) electrons. The van der Waals surface area contributed by atoms with E-state index in [-0.39, 0.29) is 69.4 Å². The van der Waals surface area contributed by atoms with Crippen molar-refractivity contribution in [2.75, 3.05) is 13.2 Å². The third-order valence-electron chi connectivity index (χ3n) is 6.38. The molecular formula is C20H18Br2N2O7. The largest absolute Gasteiger partial charge is 0.457 e. The van der Waals surface area contributed by atoms with E-state index in [4.69, 9.17) is 4.74 Å². The second kappa shape index (κ2) is 8.42. The number of alkyl halides is 2. The molecule has 164 valence electrons. The van der Waals surface area contributed by atoms with Crippen LogP contribution >= 0.6 is 31.9 Å². The van der Waals surface area contributed by atoms with Crippen molar-refractivity contribution in [1.29, 1.82) is 0 Å². The summed E-state index contributed by atoms with van der Waals surface area (Å²) in [4.78, 5) is 61.3. The first-order valence-corrected chi connectivity index (χ1v) is 11.6. The van der Waals surface area contributed by atoms with E-state index in [0.29, 0.717) is 0 Å². The van der Waals surface area contributed by atoms with E-state index < -0.39 is 23.3 Å². The molecule has 4 rings (SSSR count). The van der Waals surface area contributed by atoms with E-state index in [2.05, 4.69) is 31.9 Å². The van der Waals surface area contributed by atoms with Crippen LogP contribution in [0.3, 0.4) is 0 Å². The summed E-state index contributed by atoms with van der Waals surface area (Å²) in [6, 6.07) is 4.96. The summed E-state index contributed by atoms with van der Waals surface area (Å²) in [6.07, 6.45) is 0.633. The van der Waals surface area contributed by atoms with Crippen LogP contribution in [-0.2, 0) is 19.1 Å². The van der Waals surface area contributed by atoms with Crippen LogP contribution in [0.5, 0.6) is 0 Å². The van der Waals surface area contributed by atoms with E-state index >= 15 is 0 Å². The molecule has 0 spiro atoms. The van der Waals surface area contributed by atoms with Gasteiger partial charge in [0.25, 0.3) is 5.69 Å². The molecule has 2 amide bonds. The molecule has 3 fully saturated rings. The molecule has 2 saturated carbocycles. The minimum atomic E-state index is -0.701. The highest BCUT2D eigenvalue weighted by atomic mass is 79.9. The summed E-state index contributed by atoms with van der Waals surface area (Å²) in [5.41, 5.74) is 0.0319. The van der Waals surface area contributed by atoms with Crippen LogP contribution in [0.4, 0.5) is 5.69 Å². The monoisotopic (exact) mass is 556 g/mol. The van der Waals surface area contributed by atoms with Gasteiger partial charge in [0.2, 0.25) is 11.8 Å². The third kappa shape index (κ3) is 3.82. The Morgan fingerprint density at radius 1 is 1.06 bits per heavy atom. The van der Waals surface area contributed by atoms with Gasteiger partial charge in [0.15, 0.2) is 12.4 Å². The zero-order chi connectivity index (χ0) is 22.4. The summed E-state index contributed by atoms with van der Waals surface area (Å²) < 4.78 is 4.96. The van der Waals surface area contributed by atoms with Crippen molar-refractivity contribution in [3.05, 3.63) is 39.9 Å². The van der Waals surface area contributed by atoms with Crippen LogP contribution in [-0.4, -0.2) is 56.2 Å². The smallest absolute Gasteiger partial charge is 0.308 e. The number of hydrogen-bond acceptors (Lipinski definition) is 7. The minimum Gasteiger partial charge on any atom is -0.457 e. The number of Topliss-reactive ketones (excluding diaryl/α,β-unsaturated/α-hetero) is 1. The lowest BCUT2D eigenvalue weighted by atomic mass is 9.81. The molecule has 1 aliphatic heterocycles. The van der Waals surface area contributed by atoms with E-state index in [0.717, 1.165) is 11.3 Å². The van der Waals surface area contributed by atoms with Crippen LogP contribution < -0.4 is 0 Å². The number of fused-ring (bicyclic) bond motifs is 5. The van der Waals surface area contributed by atoms with Gasteiger partial charge in [0.1, 0.15) is 0 Å². The predicted octanol–water partition coefficient (Wildman–Crippen LogP) is 2.49. The number of nitro benzene ring substituents is 1. The molecule has 0 aromatic heterocycles. The molecular weight excluding hydrogens is 540 g/mol. The summed E-state index contributed by atoms with van der Waals surface area (Å²) in [5, 5.41) is 10.7. The molecule has 2 bridgehead atoms. The average molecular weight is 558 g/mol. The highest BCUT2D eigenvalue weighted by molar-refractivity contribution is 9.12. The first kappa shape index (κ1) is 22.1. The molecule has 6 atom stereocenters. The maximum absolute atomic E-state index is 12.8. The molecule has 11 heteroatoms. The number of benzene rings is 1. The molecule has 1 aromatic carbocycles. The number of imide groups is 1. The lowest BCUT2D eigenvalue weighted by Gasteiger charge is -2.28. The Morgan fingerprint density at radius 3 is 2.13 bits per heavy atom. The van der Waals surface area contributed by atoms with Crippen LogP contribution in [0.1, 0.15) is 23.2 Å². The van der Waals surface area contributed by atoms with Gasteiger partial charge in [-0.25, -0.2) is 0 Å². The molecule has 1 saturated heterocycles. The van der Waals surface area contributed by atoms with Crippen LogP contribution in [0.2, 0.25) is 0 Å². The molecule has 1 heterocycles. The second-order valence-electron chi connectivity index (χ2n) is 7.97. The second-order valence-corrected chi connectivity index (χ2v) is 10.1. The van der Waals surface area contributed by atoms with Gasteiger partial charge in [-0.2, -0.15) is 0 Å². The Labute approximate surface area is 193 Å². The molecule has 9 nitrogen and oxygen atoms in total. The van der Waals surface area contributed by atoms with Crippen molar-refractivity contribution < 1.29 is 28.8 Å². The number of amides is 2. The number of likely N-dealkylation sites (tertiary alicyclic amines) is 1. The zero-order valence-corrected chi connectivity index (χ0v) is 19.3. The Bertz CT molecular complexity index is 935. The summed E-state index contributed by atoms with van der Waals surface area (Å²) in [5.74, 6) is -2.14. The van der Waals surface area contributed by atoms with Gasteiger partial charge in [-0.3, -0.25) is 34.2 Å². The number of nitro groups is 1. The predicted molar refractivity (Wildman–Crippen MR) is 114 cm³/mol. The Hall–Kier alpha value is -2.14. The fraction of sp³-hybridized carbons (Fsp3) is 0.500. The number of non-ortho nitro benzene ring substituents is 1. The lowest BCUT2D eigenvalue weighted by molar-refractivity contribution is -0.384. The number of nitrogens with zero attached hydrogens (tertiary/aromatic N) is 2. The van der Waals surface area contributed by atoms with Crippen molar-refractivity contribution in [2.45, 2.75) is 22.5 Å². The van der Waals surface area contributed by atoms with E-state index in [1.807, 2.05) is 0 Å². The molecule has 0 N–H and O–H groups in total. The van der Waals surface area contributed by atoms with Crippen LogP contribution in [0.25, 0.3) is 0 Å². The van der Waals surface area contributed by atoms with Gasteiger partial charge < -0.3 is 4.74 Å². The van der Waals surface area contributed by atoms with Gasteiger partial charge in [-0.1, -0.05) is 31.9 Å². The van der Waals surface area contributed by atoms with Gasteiger partial charge in [0, 0.05) is 33.9 Å². The van der Waals surface area contributed by atoms with Crippen molar-refractivity contribution in [1.82, 2.24) is 4.90 Å². The van der Waals surface area contributed by atoms with E-state index in [9.17, 15) is 29.3 Å². The third-order valence-corrected chi connectivity index (χ3v) is 9.59. The lowest BCUT2D eigenvalue weighted by Crippen LogP contribution is -2.37. The average Bonchev–Trinajstić information content (AvgIpc) is 3.35. The standard InChI is InChI=1S/C20H18Br2N2O7/c21-17-11-7-12(18(17)22)16-15(11)19(27)23(20(16)28)6-5-14(26)31-8-13(25)9-1-3-10(4-2-9)24(29)30/h1-4,11-12,15-18H,5-8H2/t11-,12-,15-,16+,17-,18+/m1/s1. The number of hydrogen-bond donors (Lipinski definition) is 0. The molecule has 31 heavy (non-hydrogen) atoms. The zero-order valence-electron chi connectivity index (χ0n) is 16.1. The highest BCUT2D eigenvalue weighted by Gasteiger charge is 2.66.